The molecular formula is C33H28N6O21S6. The first-order valence-corrected chi connectivity index (χ1v) is 25.8. The Morgan fingerprint density at radius 1 is 0.500 bits per heavy atom. The van der Waals surface area contributed by atoms with Crippen molar-refractivity contribution in [3.63, 3.8) is 0 Å². The Morgan fingerprint density at radius 2 is 0.939 bits per heavy atom. The van der Waals surface area contributed by atoms with E-state index in [1.165, 1.54) is 26.2 Å². The number of anilines is 4. The first-order chi connectivity index (χ1) is 30.1. The van der Waals surface area contributed by atoms with Gasteiger partial charge in [-0.1, -0.05) is 0 Å². The van der Waals surface area contributed by atoms with Crippen LogP contribution in [0, 0.1) is 6.92 Å². The highest BCUT2D eigenvalue weighted by Crippen LogP contribution is 2.39. The maximum absolute atomic E-state index is 13.5. The van der Waals surface area contributed by atoms with Crippen LogP contribution >= 0.6 is 0 Å². The van der Waals surface area contributed by atoms with Crippen LogP contribution in [0.3, 0.4) is 0 Å². The molecule has 0 saturated carbocycles. The monoisotopic (exact) mass is 1040 g/mol. The van der Waals surface area contributed by atoms with Gasteiger partial charge in [0, 0.05) is 52.4 Å². The molecule has 0 radical (unpaired) electrons. The molecule has 0 bridgehead atoms. The lowest BCUT2D eigenvalue weighted by Gasteiger charge is -2.15. The summed E-state index contributed by atoms with van der Waals surface area (Å²) in [6.45, 7) is 1.32. The van der Waals surface area contributed by atoms with Crippen LogP contribution in [-0.2, 0) is 67.8 Å². The van der Waals surface area contributed by atoms with Crippen LogP contribution in [0.15, 0.2) is 102 Å². The molecule has 66 heavy (non-hydrogen) atoms. The second kappa shape index (κ2) is 16.5. The maximum Gasteiger partial charge on any atom is 0.330 e. The summed E-state index contributed by atoms with van der Waals surface area (Å²) in [4.78, 5) is 32.7. The van der Waals surface area contributed by atoms with E-state index in [-0.39, 0.29) is 34.9 Å². The minimum Gasteiger partial charge on any atom is -0.344 e. The molecule has 4 amide bonds. The number of benzene rings is 4. The first-order valence-electron chi connectivity index (χ1n) is 17.2. The molecule has 0 aliphatic rings. The van der Waals surface area contributed by atoms with Crippen LogP contribution in [0.25, 0.3) is 21.5 Å². The molecular weight excluding hydrogens is 1010 g/mol. The van der Waals surface area contributed by atoms with Gasteiger partial charge in [0.1, 0.15) is 25.3 Å². The molecule has 0 aliphatic heterocycles. The highest BCUT2D eigenvalue weighted by molar-refractivity contribution is 7.88. The minimum absolute atomic E-state index is 0.00607. The zero-order valence-electron chi connectivity index (χ0n) is 32.6. The third-order valence-corrected chi connectivity index (χ3v) is 14.5. The van der Waals surface area contributed by atoms with Crippen LogP contribution in [0.2, 0.25) is 0 Å². The fraction of sp³-hybridized carbons (Fsp3) is 0.0606. The van der Waals surface area contributed by atoms with Crippen molar-refractivity contribution in [2.24, 2.45) is 7.05 Å². The molecule has 27 nitrogen and oxygen atoms in total. The van der Waals surface area contributed by atoms with Gasteiger partial charge >= 0.3 is 12.1 Å². The van der Waals surface area contributed by atoms with Gasteiger partial charge in [-0.3, -0.25) is 36.7 Å². The van der Waals surface area contributed by atoms with E-state index in [0.717, 1.165) is 33.5 Å². The number of rotatable bonds is 11. The van der Waals surface area contributed by atoms with E-state index in [0.29, 0.717) is 24.3 Å². The number of carbonyl (C=O) groups is 3. The second-order valence-corrected chi connectivity index (χ2v) is 22.0. The number of carbonyl (C=O) groups excluding carboxylic acids is 3. The summed E-state index contributed by atoms with van der Waals surface area (Å²) < 4.78 is 206. The molecule has 10 N–H and O–H groups in total. The van der Waals surface area contributed by atoms with Gasteiger partial charge in [-0.2, -0.15) is 50.5 Å². The summed E-state index contributed by atoms with van der Waals surface area (Å²) in [6, 6.07) is 4.68. The van der Waals surface area contributed by atoms with Gasteiger partial charge in [-0.15, -0.1) is 0 Å². The molecule has 6 aromatic rings. The SMILES string of the molecule is Cc1c(NC(=O)Nc2cc(C(=O)Nc3ccc(S(=O)(=O)O)c4c(S(=O)(=O)O)cc(S(=O)(=O)O)cc34)n(C)c2)ccn1C(=O)Nc1ccc(S(=O)(=O)O)c2c(S(=O)(=O)O)cc(S(=O)(=O)O)cc12. The lowest BCUT2D eigenvalue weighted by Crippen LogP contribution is -2.22. The Labute approximate surface area is 371 Å². The molecule has 0 spiro atoms. The van der Waals surface area contributed by atoms with Crippen LogP contribution in [-0.4, -0.2) is 105 Å². The fourth-order valence-electron chi connectivity index (χ4n) is 6.50. The van der Waals surface area contributed by atoms with Crippen LogP contribution in [0.1, 0.15) is 16.2 Å². The topological polar surface area (TPSA) is 435 Å². The summed E-state index contributed by atoms with van der Waals surface area (Å²) in [6.07, 6.45) is 2.32. The number of fused-ring (bicyclic) bond motifs is 2. The summed E-state index contributed by atoms with van der Waals surface area (Å²) in [5.41, 5.74) is -1.38. The van der Waals surface area contributed by atoms with E-state index < -0.39 is 141 Å². The van der Waals surface area contributed by atoms with Crippen LogP contribution in [0.4, 0.5) is 32.3 Å². The minimum atomic E-state index is -5.48. The number of nitrogens with one attached hydrogen (secondary N) is 4. The zero-order valence-corrected chi connectivity index (χ0v) is 37.5. The molecule has 0 aliphatic carbocycles. The van der Waals surface area contributed by atoms with Gasteiger partial charge in [0.2, 0.25) is 0 Å². The van der Waals surface area contributed by atoms with Crippen LogP contribution < -0.4 is 21.3 Å². The smallest absolute Gasteiger partial charge is 0.330 e. The van der Waals surface area contributed by atoms with Crippen molar-refractivity contribution >= 4 is 123 Å². The normalized spacial score (nSPS) is 12.8. The largest absolute Gasteiger partial charge is 0.344 e. The Balaban J connectivity index is 1.26. The van der Waals surface area contributed by atoms with E-state index in [2.05, 4.69) is 21.3 Å². The Hall–Kier alpha value is -6.37. The average Bonchev–Trinajstić information content (AvgIpc) is 3.71. The Kier molecular flexibility index (Phi) is 12.3. The predicted molar refractivity (Wildman–Crippen MR) is 226 cm³/mol. The number of nitrogens with zero attached hydrogens (tertiary/aromatic N) is 2. The third-order valence-electron chi connectivity index (χ3n) is 9.33. The molecule has 0 unspecified atom stereocenters. The molecule has 33 heteroatoms. The van der Waals surface area contributed by atoms with E-state index in [1.807, 2.05) is 0 Å². The number of hydrogen-bond acceptors (Lipinski definition) is 15. The Bertz CT molecular complexity index is 3840. The molecule has 0 saturated heterocycles. The van der Waals surface area contributed by atoms with Crippen molar-refractivity contribution < 1.29 is 92.2 Å². The highest BCUT2D eigenvalue weighted by Gasteiger charge is 2.30. The molecule has 0 fully saturated rings. The lowest BCUT2D eigenvalue weighted by atomic mass is 10.1. The van der Waals surface area contributed by atoms with Gasteiger partial charge in [0.25, 0.3) is 66.6 Å². The molecule has 0 atom stereocenters. The fourth-order valence-corrected chi connectivity index (χ4v) is 10.8. The summed E-state index contributed by atoms with van der Waals surface area (Å²) in [5, 5.41) is 6.02. The number of aromatic nitrogens is 2. The first kappa shape index (κ1) is 49.1. The van der Waals surface area contributed by atoms with E-state index in [9.17, 15) is 92.2 Å². The van der Waals surface area contributed by atoms with Gasteiger partial charge in [0.15, 0.2) is 0 Å². The van der Waals surface area contributed by atoms with Crippen molar-refractivity contribution in [3.8, 4) is 0 Å². The van der Waals surface area contributed by atoms with Crippen molar-refractivity contribution in [1.29, 1.82) is 0 Å². The number of amides is 4. The summed E-state index contributed by atoms with van der Waals surface area (Å²) in [5.74, 6) is -1.06. The van der Waals surface area contributed by atoms with Gasteiger partial charge in [0.05, 0.1) is 26.9 Å². The zero-order chi connectivity index (χ0) is 49.4. The third kappa shape index (κ3) is 9.90. The van der Waals surface area contributed by atoms with E-state index in [1.54, 1.807) is 0 Å². The second-order valence-electron chi connectivity index (χ2n) is 13.6. The molecule has 6 rings (SSSR count). The molecule has 4 aromatic carbocycles. The van der Waals surface area contributed by atoms with Crippen molar-refractivity contribution in [2.45, 2.75) is 36.3 Å². The maximum atomic E-state index is 13.5. The highest BCUT2D eigenvalue weighted by atomic mass is 32.2. The van der Waals surface area contributed by atoms with Gasteiger partial charge < -0.3 is 25.8 Å². The lowest BCUT2D eigenvalue weighted by molar-refractivity contribution is 0.101. The van der Waals surface area contributed by atoms with Crippen molar-refractivity contribution in [2.75, 3.05) is 21.3 Å². The number of aryl methyl sites for hydroxylation is 1. The van der Waals surface area contributed by atoms with Gasteiger partial charge in [-0.05, 0) is 67.6 Å². The molecule has 2 heterocycles. The van der Waals surface area contributed by atoms with Crippen molar-refractivity contribution in [3.05, 3.63) is 84.4 Å². The molecule has 2 aromatic heterocycles. The van der Waals surface area contributed by atoms with Crippen molar-refractivity contribution in [1.82, 2.24) is 9.13 Å². The Morgan fingerprint density at radius 3 is 1.36 bits per heavy atom. The quantitative estimate of drug-likeness (QED) is 0.0834. The van der Waals surface area contributed by atoms with Gasteiger partial charge in [-0.25, -0.2) is 9.59 Å². The predicted octanol–water partition coefficient (Wildman–Crippen LogP) is 2.90. The number of hydrogen-bond donors (Lipinski definition) is 10. The summed E-state index contributed by atoms with van der Waals surface area (Å²) in [7, 11) is -30.7. The van der Waals surface area contributed by atoms with E-state index >= 15 is 0 Å². The summed E-state index contributed by atoms with van der Waals surface area (Å²) >= 11 is 0. The van der Waals surface area contributed by atoms with E-state index in [4.69, 9.17) is 0 Å². The molecule has 352 valence electrons. The standard InChI is InChI=1S/C33H28N6O21S6/c1-15-21(7-8-39(15)33(42)37-23-4-6-26(64(52,53)54)30-20(23)11-18(62(46,47)48)13-28(30)66(58,59)60)36-32(41)34-16-9-24(38(2)14-16)31(40)35-22-3-5-25(63(49,50)51)29-19(22)10-17(61(43,44)45)12-27(29)65(55,56)57/h3-14H,1-2H3,(H,35,40)(H,37,42)(H2,34,36,41)(H,43,44,45)(H,46,47,48)(H,49,50,51)(H,52,53,54)(H,55,56,57)(H,58,59,60). The average molecular weight is 1040 g/mol. The van der Waals surface area contributed by atoms with Crippen LogP contribution in [0.5, 0.6) is 0 Å². The number of urea groups is 1.